The van der Waals surface area contributed by atoms with Gasteiger partial charge in [0.05, 0.1) is 11.2 Å². The molecule has 0 fully saturated rings. The third kappa shape index (κ3) is 4.49. The van der Waals surface area contributed by atoms with Crippen molar-refractivity contribution < 1.29 is 17.6 Å². The fourth-order valence-electron chi connectivity index (χ4n) is 3.14. The molecule has 0 atom stereocenters. The van der Waals surface area contributed by atoms with E-state index in [0.29, 0.717) is 21.9 Å². The Bertz CT molecular complexity index is 1440. The number of alkyl halides is 3. The molecule has 0 spiro atoms. The molecule has 0 saturated carbocycles. The molecule has 0 radical (unpaired) electrons. The maximum absolute atomic E-state index is 15.2. The van der Waals surface area contributed by atoms with Crippen LogP contribution >= 0.6 is 11.6 Å². The number of aromatic nitrogens is 4. The van der Waals surface area contributed by atoms with E-state index in [2.05, 4.69) is 15.1 Å². The van der Waals surface area contributed by atoms with Crippen molar-refractivity contribution in [2.45, 2.75) is 20.0 Å². The molecular weight excluding hydrogens is 460 g/mol. The smallest absolute Gasteiger partial charge is 0.285 e. The Morgan fingerprint density at radius 1 is 1.09 bits per heavy atom. The minimum Gasteiger partial charge on any atom is -0.285 e. The zero-order valence-corrected chi connectivity index (χ0v) is 18.0. The number of rotatable bonds is 3. The van der Waals surface area contributed by atoms with Crippen LogP contribution in [-0.4, -0.2) is 19.7 Å². The Hall–Kier alpha value is -3.59. The summed E-state index contributed by atoms with van der Waals surface area (Å²) in [6.45, 7) is 3.55. The fourth-order valence-corrected chi connectivity index (χ4v) is 3.27. The minimum absolute atomic E-state index is 0.00662. The van der Waals surface area contributed by atoms with Crippen LogP contribution in [-0.2, 0) is 6.18 Å². The van der Waals surface area contributed by atoms with Gasteiger partial charge in [-0.2, -0.15) is 18.3 Å². The molecule has 4 rings (SSSR count). The second-order valence-corrected chi connectivity index (χ2v) is 7.73. The Labute approximate surface area is 190 Å². The number of hydrogen-bond acceptors (Lipinski definition) is 4. The summed E-state index contributed by atoms with van der Waals surface area (Å²) in [5.41, 5.74) is -0.0521. The highest BCUT2D eigenvalue weighted by Crippen LogP contribution is 2.28. The van der Waals surface area contributed by atoms with Crippen LogP contribution in [0.2, 0.25) is 5.02 Å². The van der Waals surface area contributed by atoms with Crippen LogP contribution in [0.15, 0.2) is 53.5 Å². The molecule has 0 aliphatic heterocycles. The van der Waals surface area contributed by atoms with E-state index in [4.69, 9.17) is 11.6 Å². The average molecular weight is 475 g/mol. The van der Waals surface area contributed by atoms with Crippen molar-refractivity contribution in [3.63, 3.8) is 0 Å². The number of pyridine rings is 2. The van der Waals surface area contributed by atoms with Crippen LogP contribution in [0.5, 0.6) is 0 Å². The molecule has 4 aromatic rings. The van der Waals surface area contributed by atoms with Crippen LogP contribution < -0.4 is 5.43 Å². The lowest BCUT2D eigenvalue weighted by atomic mass is 10.1. The van der Waals surface area contributed by atoms with Gasteiger partial charge in [0.15, 0.2) is 11.5 Å². The molecule has 33 heavy (non-hydrogen) atoms. The van der Waals surface area contributed by atoms with Crippen molar-refractivity contribution in [2.24, 2.45) is 0 Å². The molecule has 0 aliphatic carbocycles. The molecule has 0 N–H and O–H groups in total. The maximum Gasteiger partial charge on any atom is 0.433 e. The summed E-state index contributed by atoms with van der Waals surface area (Å²) in [7, 11) is 0. The van der Waals surface area contributed by atoms with E-state index < -0.39 is 28.8 Å². The first-order valence-corrected chi connectivity index (χ1v) is 10.0. The second-order valence-electron chi connectivity index (χ2n) is 7.29. The summed E-state index contributed by atoms with van der Waals surface area (Å²) in [5, 5.41) is 4.68. The Kier molecular flexibility index (Phi) is 5.75. The molecule has 3 heterocycles. The van der Waals surface area contributed by atoms with Crippen molar-refractivity contribution in [3.05, 3.63) is 92.1 Å². The Balaban J connectivity index is 1.91. The largest absolute Gasteiger partial charge is 0.433 e. The van der Waals surface area contributed by atoms with E-state index in [1.165, 1.54) is 4.68 Å². The van der Waals surface area contributed by atoms with Gasteiger partial charge in [-0.25, -0.2) is 14.1 Å². The van der Waals surface area contributed by atoms with Crippen molar-refractivity contribution in [3.8, 4) is 5.69 Å². The Morgan fingerprint density at radius 3 is 2.39 bits per heavy atom. The van der Waals surface area contributed by atoms with Gasteiger partial charge < -0.3 is 0 Å². The summed E-state index contributed by atoms with van der Waals surface area (Å²) < 4.78 is 54.7. The van der Waals surface area contributed by atoms with Gasteiger partial charge in [-0.3, -0.25) is 9.78 Å². The molecule has 1 aromatic carbocycles. The summed E-state index contributed by atoms with van der Waals surface area (Å²) in [4.78, 5) is 20.7. The monoisotopic (exact) mass is 474 g/mol. The lowest BCUT2D eigenvalue weighted by molar-refractivity contribution is -0.141. The highest BCUT2D eigenvalue weighted by molar-refractivity contribution is 6.30. The lowest BCUT2D eigenvalue weighted by Gasteiger charge is -2.13. The summed E-state index contributed by atoms with van der Waals surface area (Å²) in [5.74, 6) is -1.04. The normalized spacial score (nSPS) is 12.4. The molecule has 0 bridgehead atoms. The first kappa shape index (κ1) is 22.6. The predicted octanol–water partition coefficient (Wildman–Crippen LogP) is 5.93. The molecule has 10 heteroatoms. The number of hydrogen-bond donors (Lipinski definition) is 0. The van der Waals surface area contributed by atoms with Gasteiger partial charge in [0.25, 0.3) is 0 Å². The number of benzene rings is 1. The third-order valence-corrected chi connectivity index (χ3v) is 5.22. The summed E-state index contributed by atoms with van der Waals surface area (Å²) in [6.07, 6.45) is -2.85. The molecule has 0 aliphatic rings. The molecule has 0 unspecified atom stereocenters. The lowest BCUT2D eigenvalue weighted by Crippen LogP contribution is -2.19. The van der Waals surface area contributed by atoms with Gasteiger partial charge >= 0.3 is 6.18 Å². The van der Waals surface area contributed by atoms with E-state index >= 15 is 4.39 Å². The molecule has 3 aromatic heterocycles. The van der Waals surface area contributed by atoms with E-state index in [0.717, 1.165) is 30.0 Å². The van der Waals surface area contributed by atoms with Gasteiger partial charge in [-0.1, -0.05) is 17.7 Å². The topological polar surface area (TPSA) is 60.7 Å². The van der Waals surface area contributed by atoms with E-state index in [-0.39, 0.29) is 11.1 Å². The van der Waals surface area contributed by atoms with Crippen LogP contribution in [0.1, 0.15) is 28.2 Å². The first-order valence-electron chi connectivity index (χ1n) is 9.62. The summed E-state index contributed by atoms with van der Waals surface area (Å²) in [6, 6.07) is 10.1. The SMILES string of the molecule is Cc1cc2c(nc1C)c(=O)c(/C(F)=C/c1ccc(C(F)(F)F)nc1)nn2-c1ccc(Cl)cc1. The quantitative estimate of drug-likeness (QED) is 0.345. The second kappa shape index (κ2) is 8.40. The van der Waals surface area contributed by atoms with Crippen LogP contribution in [0.25, 0.3) is 28.6 Å². The van der Waals surface area contributed by atoms with Crippen molar-refractivity contribution in [1.29, 1.82) is 0 Å². The van der Waals surface area contributed by atoms with Gasteiger partial charge in [0, 0.05) is 16.9 Å². The van der Waals surface area contributed by atoms with Crippen molar-refractivity contribution in [1.82, 2.24) is 19.7 Å². The number of nitrogens with zero attached hydrogens (tertiary/aromatic N) is 4. The highest BCUT2D eigenvalue weighted by atomic mass is 35.5. The van der Waals surface area contributed by atoms with Crippen LogP contribution in [0, 0.1) is 13.8 Å². The first-order chi connectivity index (χ1) is 15.5. The van der Waals surface area contributed by atoms with E-state index in [1.54, 1.807) is 37.3 Å². The minimum atomic E-state index is -4.62. The summed E-state index contributed by atoms with van der Waals surface area (Å²) >= 11 is 5.96. The van der Waals surface area contributed by atoms with Crippen LogP contribution in [0.4, 0.5) is 17.6 Å². The number of aryl methyl sites for hydroxylation is 2. The van der Waals surface area contributed by atoms with Gasteiger partial charge in [0.2, 0.25) is 5.43 Å². The number of halogens is 5. The fraction of sp³-hybridized carbons (Fsp3) is 0.130. The maximum atomic E-state index is 15.2. The molecular formula is C23H15ClF4N4O. The van der Waals surface area contributed by atoms with E-state index in [9.17, 15) is 18.0 Å². The van der Waals surface area contributed by atoms with Crippen LogP contribution in [0.3, 0.4) is 0 Å². The van der Waals surface area contributed by atoms with Gasteiger partial charge in [-0.15, -0.1) is 0 Å². The highest BCUT2D eigenvalue weighted by Gasteiger charge is 2.32. The van der Waals surface area contributed by atoms with Gasteiger partial charge in [-0.05, 0) is 67.4 Å². The molecule has 0 amide bonds. The number of fused-ring (bicyclic) bond motifs is 1. The third-order valence-electron chi connectivity index (χ3n) is 4.97. The molecule has 0 saturated heterocycles. The molecule has 168 valence electrons. The average Bonchev–Trinajstić information content (AvgIpc) is 2.76. The molecule has 5 nitrogen and oxygen atoms in total. The zero-order valence-electron chi connectivity index (χ0n) is 17.3. The van der Waals surface area contributed by atoms with E-state index in [1.807, 2.05) is 6.92 Å². The predicted molar refractivity (Wildman–Crippen MR) is 118 cm³/mol. The zero-order chi connectivity index (χ0) is 23.9. The van der Waals surface area contributed by atoms with Crippen molar-refractivity contribution in [2.75, 3.05) is 0 Å². The standard InChI is InChI=1S/C23H15ClF4N4O/c1-12-9-18-21(30-13(12)2)22(33)20(31-32(18)16-6-4-15(24)5-7-16)17(25)10-14-3-8-19(29-11-14)23(26,27)28/h3-11H,1-2H3/b17-10-. The van der Waals surface area contributed by atoms with Crippen molar-refractivity contribution >= 4 is 34.5 Å². The Morgan fingerprint density at radius 2 is 1.79 bits per heavy atom. The van der Waals surface area contributed by atoms with Gasteiger partial charge in [0.1, 0.15) is 11.2 Å².